The summed E-state index contributed by atoms with van der Waals surface area (Å²) in [5.74, 6) is -0.714. The van der Waals surface area contributed by atoms with Crippen molar-refractivity contribution in [3.8, 4) is 0 Å². The van der Waals surface area contributed by atoms with Crippen molar-refractivity contribution >= 4 is 21.6 Å². The van der Waals surface area contributed by atoms with Gasteiger partial charge in [0.1, 0.15) is 0 Å². The van der Waals surface area contributed by atoms with Gasteiger partial charge in [-0.15, -0.1) is 0 Å². The summed E-state index contributed by atoms with van der Waals surface area (Å²) in [6, 6.07) is 2.88. The second-order valence-corrected chi connectivity index (χ2v) is 11.2. The number of anilines is 1. The molecular formula is C19H26F3N3O3S. The van der Waals surface area contributed by atoms with Crippen LogP contribution >= 0.6 is 0 Å². The molecule has 2 saturated heterocycles. The third-order valence-electron chi connectivity index (χ3n) is 5.45. The standard InChI is InChI=1S/C19H26F3N3O3S/c1-18(2,3)29(27,28)25-16-7-4-11(19(20,21)22)8-15(16)17(26)24-14-9-12-5-6-13(10-14)23-12/h4,7-8,12-14,23,25H,5-6,9-10H2,1-3H3,(H,24,26). The fourth-order valence-electron chi connectivity index (χ4n) is 3.73. The number of carbonyl (C=O) groups excluding carboxylic acids is 1. The monoisotopic (exact) mass is 433 g/mol. The van der Waals surface area contributed by atoms with Crippen molar-refractivity contribution in [2.24, 2.45) is 0 Å². The van der Waals surface area contributed by atoms with Gasteiger partial charge < -0.3 is 10.6 Å². The summed E-state index contributed by atoms with van der Waals surface area (Å²) in [5.41, 5.74) is -1.51. The Hall–Kier alpha value is -1.81. The molecule has 2 fully saturated rings. The van der Waals surface area contributed by atoms with E-state index in [0.29, 0.717) is 31.0 Å². The molecule has 0 spiro atoms. The number of carbonyl (C=O) groups is 1. The van der Waals surface area contributed by atoms with E-state index in [2.05, 4.69) is 15.4 Å². The van der Waals surface area contributed by atoms with Crippen LogP contribution in [-0.2, 0) is 16.2 Å². The Labute approximate surface area is 168 Å². The normalized spacial score (nSPS) is 25.0. The van der Waals surface area contributed by atoms with Crippen LogP contribution in [0.2, 0.25) is 0 Å². The average Bonchev–Trinajstić information content (AvgIpc) is 2.91. The Morgan fingerprint density at radius 3 is 2.21 bits per heavy atom. The molecule has 1 amide bonds. The SMILES string of the molecule is CC(C)(C)S(=O)(=O)Nc1ccc(C(F)(F)F)cc1C(=O)NC1CC2CCC(C1)N2. The Morgan fingerprint density at radius 1 is 1.10 bits per heavy atom. The Balaban J connectivity index is 1.90. The molecular weight excluding hydrogens is 407 g/mol. The van der Waals surface area contributed by atoms with Gasteiger partial charge in [0, 0.05) is 18.1 Å². The Kier molecular flexibility index (Phi) is 5.63. The lowest BCUT2D eigenvalue weighted by molar-refractivity contribution is -0.137. The van der Waals surface area contributed by atoms with E-state index in [1.54, 1.807) is 0 Å². The van der Waals surface area contributed by atoms with Crippen LogP contribution in [-0.4, -0.2) is 37.2 Å². The third kappa shape index (κ3) is 4.85. The van der Waals surface area contributed by atoms with Crippen LogP contribution in [0.4, 0.5) is 18.9 Å². The first kappa shape index (κ1) is 21.9. The summed E-state index contributed by atoms with van der Waals surface area (Å²) in [6.07, 6.45) is -1.23. The van der Waals surface area contributed by atoms with Gasteiger partial charge in [-0.1, -0.05) is 0 Å². The summed E-state index contributed by atoms with van der Waals surface area (Å²) < 4.78 is 65.6. The van der Waals surface area contributed by atoms with Crippen molar-refractivity contribution < 1.29 is 26.4 Å². The molecule has 1 aromatic rings. The smallest absolute Gasteiger partial charge is 0.349 e. The fourth-order valence-corrected chi connectivity index (χ4v) is 4.51. The number of rotatable bonds is 4. The number of amides is 1. The zero-order valence-electron chi connectivity index (χ0n) is 16.6. The molecule has 0 aromatic heterocycles. The molecule has 3 N–H and O–H groups in total. The summed E-state index contributed by atoms with van der Waals surface area (Å²) in [6.45, 7) is 4.39. The topological polar surface area (TPSA) is 87.3 Å². The minimum absolute atomic E-state index is 0.164. The van der Waals surface area contributed by atoms with E-state index in [0.717, 1.165) is 25.0 Å². The summed E-state index contributed by atoms with van der Waals surface area (Å²) in [5, 5.41) is 6.23. The van der Waals surface area contributed by atoms with Crippen LogP contribution < -0.4 is 15.4 Å². The zero-order valence-corrected chi connectivity index (χ0v) is 17.4. The molecule has 2 heterocycles. The molecule has 2 unspecified atom stereocenters. The maximum Gasteiger partial charge on any atom is 0.416 e. The predicted octanol–water partition coefficient (Wildman–Crippen LogP) is 3.26. The molecule has 29 heavy (non-hydrogen) atoms. The van der Waals surface area contributed by atoms with E-state index in [9.17, 15) is 26.4 Å². The van der Waals surface area contributed by atoms with Gasteiger partial charge in [-0.05, 0) is 64.7 Å². The highest BCUT2D eigenvalue weighted by molar-refractivity contribution is 7.94. The highest BCUT2D eigenvalue weighted by Crippen LogP contribution is 2.33. The molecule has 0 radical (unpaired) electrons. The highest BCUT2D eigenvalue weighted by Gasteiger charge is 2.36. The van der Waals surface area contributed by atoms with Gasteiger partial charge >= 0.3 is 6.18 Å². The lowest BCUT2D eigenvalue weighted by Gasteiger charge is -2.30. The molecule has 2 aliphatic rings. The molecule has 0 aliphatic carbocycles. The number of piperidine rings is 1. The number of sulfonamides is 1. The first-order chi connectivity index (χ1) is 13.3. The quantitative estimate of drug-likeness (QED) is 0.680. The van der Waals surface area contributed by atoms with Crippen molar-refractivity contribution in [1.82, 2.24) is 10.6 Å². The lowest BCUT2D eigenvalue weighted by Crippen LogP contribution is -2.48. The maximum absolute atomic E-state index is 13.2. The van der Waals surface area contributed by atoms with Gasteiger partial charge in [0.05, 0.1) is 21.6 Å². The summed E-state index contributed by atoms with van der Waals surface area (Å²) in [7, 11) is -3.92. The molecule has 6 nitrogen and oxygen atoms in total. The van der Waals surface area contributed by atoms with Crippen molar-refractivity contribution in [3.05, 3.63) is 29.3 Å². The van der Waals surface area contributed by atoms with E-state index >= 15 is 0 Å². The third-order valence-corrected chi connectivity index (χ3v) is 7.55. The van der Waals surface area contributed by atoms with E-state index in [4.69, 9.17) is 0 Å². The highest BCUT2D eigenvalue weighted by atomic mass is 32.2. The van der Waals surface area contributed by atoms with E-state index in [-0.39, 0.29) is 17.3 Å². The zero-order chi connectivity index (χ0) is 21.6. The van der Waals surface area contributed by atoms with E-state index in [1.807, 2.05) is 0 Å². The van der Waals surface area contributed by atoms with Crippen molar-refractivity contribution in [1.29, 1.82) is 0 Å². The van der Waals surface area contributed by atoms with Gasteiger partial charge in [0.2, 0.25) is 10.0 Å². The number of fused-ring (bicyclic) bond motifs is 2. The molecule has 3 rings (SSSR count). The molecule has 2 atom stereocenters. The maximum atomic E-state index is 13.2. The van der Waals surface area contributed by atoms with Crippen LogP contribution in [0, 0.1) is 0 Å². The molecule has 0 saturated carbocycles. The van der Waals surface area contributed by atoms with Crippen molar-refractivity contribution in [2.45, 2.75) is 75.5 Å². The van der Waals surface area contributed by atoms with Crippen LogP contribution in [0.3, 0.4) is 0 Å². The van der Waals surface area contributed by atoms with Crippen molar-refractivity contribution in [2.75, 3.05) is 4.72 Å². The molecule has 1 aromatic carbocycles. The van der Waals surface area contributed by atoms with Gasteiger partial charge in [-0.3, -0.25) is 9.52 Å². The predicted molar refractivity (Wildman–Crippen MR) is 104 cm³/mol. The van der Waals surface area contributed by atoms with Gasteiger partial charge in [-0.2, -0.15) is 13.2 Å². The number of halogens is 3. The van der Waals surface area contributed by atoms with Crippen LogP contribution in [0.25, 0.3) is 0 Å². The van der Waals surface area contributed by atoms with Crippen LogP contribution in [0.5, 0.6) is 0 Å². The Bertz CT molecular complexity index is 882. The number of hydrogen-bond acceptors (Lipinski definition) is 4. The minimum atomic E-state index is -4.65. The van der Waals surface area contributed by atoms with Gasteiger partial charge in [0.25, 0.3) is 5.91 Å². The van der Waals surface area contributed by atoms with E-state index < -0.39 is 32.4 Å². The first-order valence-corrected chi connectivity index (χ1v) is 11.0. The molecule has 10 heteroatoms. The largest absolute Gasteiger partial charge is 0.416 e. The number of hydrogen-bond donors (Lipinski definition) is 3. The second-order valence-electron chi connectivity index (χ2n) is 8.76. The molecule has 2 bridgehead atoms. The average molecular weight is 433 g/mol. The fraction of sp³-hybridized carbons (Fsp3) is 0.632. The lowest BCUT2D eigenvalue weighted by atomic mass is 9.99. The van der Waals surface area contributed by atoms with Gasteiger partial charge in [0.15, 0.2) is 0 Å². The second kappa shape index (κ2) is 7.46. The van der Waals surface area contributed by atoms with Crippen LogP contribution in [0.1, 0.15) is 62.4 Å². The number of alkyl halides is 3. The summed E-state index contributed by atoms with van der Waals surface area (Å²) >= 11 is 0. The minimum Gasteiger partial charge on any atom is -0.349 e. The number of benzene rings is 1. The van der Waals surface area contributed by atoms with Crippen LogP contribution in [0.15, 0.2) is 18.2 Å². The number of nitrogens with one attached hydrogen (secondary N) is 3. The molecule has 162 valence electrons. The van der Waals surface area contributed by atoms with E-state index in [1.165, 1.54) is 20.8 Å². The first-order valence-electron chi connectivity index (χ1n) is 9.57. The Morgan fingerprint density at radius 2 is 1.69 bits per heavy atom. The van der Waals surface area contributed by atoms with Crippen molar-refractivity contribution in [3.63, 3.8) is 0 Å². The summed E-state index contributed by atoms with van der Waals surface area (Å²) in [4.78, 5) is 12.8. The van der Waals surface area contributed by atoms with Gasteiger partial charge in [-0.25, -0.2) is 8.42 Å². The molecule has 2 aliphatic heterocycles.